The normalized spacial score (nSPS) is 16.2. The van der Waals surface area contributed by atoms with Crippen molar-refractivity contribution in [2.24, 2.45) is 4.99 Å². The molecule has 0 unspecified atom stereocenters. The lowest BCUT2D eigenvalue weighted by molar-refractivity contribution is -0.625. The smallest absolute Gasteiger partial charge is 0.234 e. The van der Waals surface area contributed by atoms with Gasteiger partial charge in [0.05, 0.1) is 0 Å². The lowest BCUT2D eigenvalue weighted by Crippen LogP contribution is -2.29. The van der Waals surface area contributed by atoms with Crippen molar-refractivity contribution in [3.8, 4) is 0 Å². The van der Waals surface area contributed by atoms with Crippen LogP contribution in [0.1, 0.15) is 0 Å². The average Bonchev–Trinajstić information content (AvgIpc) is 1.90. The van der Waals surface area contributed by atoms with Gasteiger partial charge in [0.1, 0.15) is 6.54 Å². The molecule has 0 aromatic heterocycles. The minimum Gasteiger partial charge on any atom is -0.234 e. The fourth-order valence-electron chi connectivity index (χ4n) is 0.444. The molecule has 0 saturated carbocycles. The zero-order chi connectivity index (χ0) is 6.69. The predicted molar refractivity (Wildman–Crippen MR) is 30.3 cm³/mol. The maximum absolute atomic E-state index is 9.93. The van der Waals surface area contributed by atoms with Crippen molar-refractivity contribution >= 4 is 6.34 Å². The molecule has 5 heteroatoms. The molecule has 1 aliphatic heterocycles. The summed E-state index contributed by atoms with van der Waals surface area (Å²) in [6, 6.07) is 0. The molecule has 0 atom stereocenters. The van der Waals surface area contributed by atoms with Crippen LogP contribution >= 0.6 is 0 Å². The fraction of sp³-hybridized carbons (Fsp3) is 0.250. The number of nitro groups is 1. The SMILES string of the molecule is O=[N+]([O-])N1[C]=NC=CC1. The molecule has 0 N–H and O–H groups in total. The molecule has 0 aliphatic carbocycles. The van der Waals surface area contributed by atoms with Gasteiger partial charge in [-0.05, 0) is 6.08 Å². The van der Waals surface area contributed by atoms with Crippen LogP contribution in [0.3, 0.4) is 0 Å². The van der Waals surface area contributed by atoms with E-state index in [4.69, 9.17) is 0 Å². The predicted octanol–water partition coefficient (Wildman–Crippen LogP) is -0.0873. The van der Waals surface area contributed by atoms with E-state index in [0.29, 0.717) is 0 Å². The summed E-state index contributed by atoms with van der Waals surface area (Å²) in [7, 11) is 0. The van der Waals surface area contributed by atoms with Gasteiger partial charge in [0.25, 0.3) is 0 Å². The van der Waals surface area contributed by atoms with Crippen LogP contribution in [-0.4, -0.2) is 22.9 Å². The maximum Gasteiger partial charge on any atom is 0.243 e. The third kappa shape index (κ3) is 1.25. The molecule has 1 rings (SSSR count). The molecule has 1 aliphatic rings. The standard InChI is InChI=1S/C4H4N3O2/c8-7(9)6-3-1-2-5-4-6/h1-2H,3H2. The van der Waals surface area contributed by atoms with Crippen LogP contribution in [0.2, 0.25) is 0 Å². The van der Waals surface area contributed by atoms with Crippen molar-refractivity contribution in [3.05, 3.63) is 22.4 Å². The first-order valence-electron chi connectivity index (χ1n) is 2.33. The van der Waals surface area contributed by atoms with Crippen LogP contribution in [0.25, 0.3) is 0 Å². The third-order valence-electron chi connectivity index (χ3n) is 0.829. The van der Waals surface area contributed by atoms with Gasteiger partial charge in [0.15, 0.2) is 5.03 Å². The van der Waals surface area contributed by atoms with Gasteiger partial charge < -0.3 is 0 Å². The van der Waals surface area contributed by atoms with Crippen molar-refractivity contribution in [1.29, 1.82) is 0 Å². The third-order valence-corrected chi connectivity index (χ3v) is 0.829. The van der Waals surface area contributed by atoms with E-state index >= 15 is 0 Å². The number of aliphatic imine (C=N–C) groups is 1. The second-order valence-electron chi connectivity index (χ2n) is 1.43. The molecular formula is C4H4N3O2. The molecule has 47 valence electrons. The van der Waals surface area contributed by atoms with Gasteiger partial charge in [-0.1, -0.05) is 5.01 Å². The number of hydrazine groups is 1. The van der Waals surface area contributed by atoms with Crippen molar-refractivity contribution in [1.82, 2.24) is 5.01 Å². The summed E-state index contributed by atoms with van der Waals surface area (Å²) in [5.74, 6) is 0. The Kier molecular flexibility index (Phi) is 1.44. The number of rotatable bonds is 1. The summed E-state index contributed by atoms with van der Waals surface area (Å²) in [4.78, 5) is 13.4. The number of hydrogen-bond donors (Lipinski definition) is 0. The van der Waals surface area contributed by atoms with E-state index in [0.717, 1.165) is 5.01 Å². The van der Waals surface area contributed by atoms with Crippen molar-refractivity contribution in [2.45, 2.75) is 0 Å². The molecule has 0 bridgehead atoms. The number of nitrogens with zero attached hydrogens (tertiary/aromatic N) is 3. The van der Waals surface area contributed by atoms with Crippen LogP contribution in [0.4, 0.5) is 0 Å². The average molecular weight is 126 g/mol. The zero-order valence-corrected chi connectivity index (χ0v) is 4.52. The summed E-state index contributed by atoms with van der Waals surface area (Å²) in [5, 5.41) is 10.1. The van der Waals surface area contributed by atoms with Crippen LogP contribution < -0.4 is 0 Å². The highest BCUT2D eigenvalue weighted by atomic mass is 16.7. The quantitative estimate of drug-likeness (QED) is 0.364. The Morgan fingerprint density at radius 2 is 2.67 bits per heavy atom. The highest BCUT2D eigenvalue weighted by molar-refractivity contribution is 5.55. The summed E-state index contributed by atoms with van der Waals surface area (Å²) in [6.07, 6.45) is 5.25. The van der Waals surface area contributed by atoms with Crippen LogP contribution in [0.5, 0.6) is 0 Å². The van der Waals surface area contributed by atoms with E-state index in [1.54, 1.807) is 6.08 Å². The molecule has 9 heavy (non-hydrogen) atoms. The molecule has 0 amide bonds. The van der Waals surface area contributed by atoms with E-state index in [2.05, 4.69) is 11.3 Å². The van der Waals surface area contributed by atoms with Gasteiger partial charge in [-0.25, -0.2) is 15.1 Å². The highest BCUT2D eigenvalue weighted by Gasteiger charge is 2.10. The van der Waals surface area contributed by atoms with Gasteiger partial charge in [0.2, 0.25) is 6.34 Å². The first-order valence-corrected chi connectivity index (χ1v) is 2.33. The van der Waals surface area contributed by atoms with E-state index in [1.807, 2.05) is 0 Å². The summed E-state index contributed by atoms with van der Waals surface area (Å²) >= 11 is 0. The molecule has 0 aromatic rings. The van der Waals surface area contributed by atoms with Gasteiger partial charge in [0, 0.05) is 6.20 Å². The Balaban J connectivity index is 2.56. The largest absolute Gasteiger partial charge is 0.243 e. The van der Waals surface area contributed by atoms with Crippen molar-refractivity contribution < 1.29 is 5.03 Å². The van der Waals surface area contributed by atoms with Gasteiger partial charge in [-0.2, -0.15) is 0 Å². The number of hydrogen-bond acceptors (Lipinski definition) is 3. The summed E-state index contributed by atoms with van der Waals surface area (Å²) in [5.41, 5.74) is 0. The van der Waals surface area contributed by atoms with E-state index in [-0.39, 0.29) is 6.54 Å². The Labute approximate surface area is 51.4 Å². The fourth-order valence-corrected chi connectivity index (χ4v) is 0.444. The first-order chi connectivity index (χ1) is 4.30. The highest BCUT2D eigenvalue weighted by Crippen LogP contribution is 1.91. The lowest BCUT2D eigenvalue weighted by atomic mass is 10.5. The molecule has 5 nitrogen and oxygen atoms in total. The molecule has 0 spiro atoms. The van der Waals surface area contributed by atoms with Gasteiger partial charge >= 0.3 is 0 Å². The summed E-state index contributed by atoms with van der Waals surface area (Å²) < 4.78 is 0. The van der Waals surface area contributed by atoms with Crippen LogP contribution in [0.15, 0.2) is 17.3 Å². The van der Waals surface area contributed by atoms with Crippen molar-refractivity contribution in [2.75, 3.05) is 6.54 Å². The Morgan fingerprint density at radius 3 is 3.00 bits per heavy atom. The monoisotopic (exact) mass is 126 g/mol. The second kappa shape index (κ2) is 2.25. The summed E-state index contributed by atoms with van der Waals surface area (Å²) in [6.45, 7) is 0.247. The van der Waals surface area contributed by atoms with Crippen LogP contribution in [0, 0.1) is 10.1 Å². The lowest BCUT2D eigenvalue weighted by Gasteiger charge is -2.04. The topological polar surface area (TPSA) is 58.7 Å². The molecule has 1 heterocycles. The Hall–Kier alpha value is -1.39. The van der Waals surface area contributed by atoms with E-state index in [9.17, 15) is 10.1 Å². The second-order valence-corrected chi connectivity index (χ2v) is 1.43. The van der Waals surface area contributed by atoms with Gasteiger partial charge in [-0.3, -0.25) is 0 Å². The van der Waals surface area contributed by atoms with Crippen LogP contribution in [-0.2, 0) is 0 Å². The molecule has 0 saturated heterocycles. The molecular weight excluding hydrogens is 122 g/mol. The van der Waals surface area contributed by atoms with Crippen molar-refractivity contribution in [3.63, 3.8) is 0 Å². The van der Waals surface area contributed by atoms with E-state index < -0.39 is 5.03 Å². The molecule has 1 radical (unpaired) electrons. The Morgan fingerprint density at radius 1 is 1.89 bits per heavy atom. The minimum absolute atomic E-state index is 0.247. The molecule has 0 fully saturated rings. The Bertz CT molecular complexity index is 175. The molecule has 0 aromatic carbocycles. The zero-order valence-electron chi connectivity index (χ0n) is 4.52. The van der Waals surface area contributed by atoms with E-state index in [1.165, 1.54) is 6.20 Å². The van der Waals surface area contributed by atoms with Gasteiger partial charge in [-0.15, -0.1) is 0 Å². The maximum atomic E-state index is 9.93. The first kappa shape index (κ1) is 5.74. The minimum atomic E-state index is -0.562.